The van der Waals surface area contributed by atoms with Crippen molar-refractivity contribution in [2.45, 2.75) is 13.0 Å². The van der Waals surface area contributed by atoms with Crippen molar-refractivity contribution in [3.63, 3.8) is 0 Å². The molecule has 0 bridgehead atoms. The van der Waals surface area contributed by atoms with E-state index in [2.05, 4.69) is 5.32 Å². The molecule has 5 nitrogen and oxygen atoms in total. The summed E-state index contributed by atoms with van der Waals surface area (Å²) in [6, 6.07) is 10.8. The molecule has 0 fully saturated rings. The van der Waals surface area contributed by atoms with Gasteiger partial charge >= 0.3 is 10.2 Å². The Morgan fingerprint density at radius 1 is 1.20 bits per heavy atom. The highest BCUT2D eigenvalue weighted by Gasteiger charge is 2.38. The highest BCUT2D eigenvalue weighted by Crippen LogP contribution is 2.40. The number of para-hydroxylation sites is 1. The summed E-state index contributed by atoms with van der Waals surface area (Å²) in [7, 11) is -2.08. The molecular weight excluding hydrogens is 365 g/mol. The van der Waals surface area contributed by atoms with Crippen molar-refractivity contribution >= 4 is 33.2 Å². The Morgan fingerprint density at radius 2 is 1.96 bits per heavy atom. The Morgan fingerprint density at radius 3 is 2.68 bits per heavy atom. The van der Waals surface area contributed by atoms with E-state index >= 15 is 0 Å². The second-order valence-electron chi connectivity index (χ2n) is 5.79. The zero-order valence-electron chi connectivity index (χ0n) is 13.7. The van der Waals surface area contributed by atoms with Crippen LogP contribution in [0.3, 0.4) is 0 Å². The SMILES string of the molecule is CNCCCN1Cc2cc(Cl)ccc2N(c2ccccc2F)S1(=O)=O. The number of hydrogen-bond acceptors (Lipinski definition) is 3. The molecule has 1 aliphatic heterocycles. The predicted octanol–water partition coefficient (Wildman–Crippen LogP) is 3.29. The summed E-state index contributed by atoms with van der Waals surface area (Å²) in [4.78, 5) is 0. The van der Waals surface area contributed by atoms with Crippen LogP contribution in [0.15, 0.2) is 42.5 Å². The molecule has 1 aliphatic rings. The van der Waals surface area contributed by atoms with Crippen LogP contribution in [0.4, 0.5) is 15.8 Å². The minimum atomic E-state index is -3.89. The Labute approximate surface area is 152 Å². The van der Waals surface area contributed by atoms with Gasteiger partial charge in [-0.25, -0.2) is 8.70 Å². The molecule has 0 aliphatic carbocycles. The zero-order chi connectivity index (χ0) is 18.0. The molecule has 25 heavy (non-hydrogen) atoms. The molecule has 0 unspecified atom stereocenters. The standard InChI is InChI=1S/C17H19ClFN3O2S/c1-20-9-4-10-21-12-13-11-14(18)7-8-16(13)22(25(21,23)24)17-6-3-2-5-15(17)19/h2-3,5-8,11,20H,4,9-10,12H2,1H3. The summed E-state index contributed by atoms with van der Waals surface area (Å²) >= 11 is 6.08. The van der Waals surface area contributed by atoms with E-state index in [0.717, 1.165) is 9.87 Å². The van der Waals surface area contributed by atoms with E-state index in [1.54, 1.807) is 24.3 Å². The third kappa shape index (κ3) is 3.50. The lowest BCUT2D eigenvalue weighted by atomic mass is 10.1. The highest BCUT2D eigenvalue weighted by molar-refractivity contribution is 7.90. The largest absolute Gasteiger partial charge is 0.320 e. The maximum Gasteiger partial charge on any atom is 0.308 e. The third-order valence-electron chi connectivity index (χ3n) is 4.07. The lowest BCUT2D eigenvalue weighted by molar-refractivity contribution is 0.392. The van der Waals surface area contributed by atoms with Gasteiger partial charge in [0.25, 0.3) is 0 Å². The minimum absolute atomic E-state index is 0.00406. The molecule has 0 saturated heterocycles. The van der Waals surface area contributed by atoms with E-state index in [1.807, 2.05) is 7.05 Å². The summed E-state index contributed by atoms with van der Waals surface area (Å²) in [6.07, 6.45) is 0.650. The number of benzene rings is 2. The Kier molecular flexibility index (Phi) is 5.29. The molecule has 0 saturated carbocycles. The molecule has 1 heterocycles. The molecule has 2 aromatic carbocycles. The second kappa shape index (κ2) is 7.29. The number of nitrogens with zero attached hydrogens (tertiary/aromatic N) is 2. The van der Waals surface area contributed by atoms with E-state index in [4.69, 9.17) is 11.6 Å². The maximum absolute atomic E-state index is 14.4. The maximum atomic E-state index is 14.4. The van der Waals surface area contributed by atoms with Crippen molar-refractivity contribution in [1.29, 1.82) is 0 Å². The van der Waals surface area contributed by atoms with Crippen molar-refractivity contribution in [3.8, 4) is 0 Å². The van der Waals surface area contributed by atoms with Crippen LogP contribution < -0.4 is 9.62 Å². The van der Waals surface area contributed by atoms with Gasteiger partial charge in [0, 0.05) is 18.1 Å². The first-order chi connectivity index (χ1) is 11.9. The highest BCUT2D eigenvalue weighted by atomic mass is 35.5. The van der Waals surface area contributed by atoms with Gasteiger partial charge in [-0.2, -0.15) is 12.7 Å². The Hall–Kier alpha value is -1.67. The predicted molar refractivity (Wildman–Crippen MR) is 97.9 cm³/mol. The van der Waals surface area contributed by atoms with Gasteiger partial charge in [0.2, 0.25) is 0 Å². The topological polar surface area (TPSA) is 52.6 Å². The molecule has 0 radical (unpaired) electrons. The van der Waals surface area contributed by atoms with Crippen LogP contribution in [0, 0.1) is 5.82 Å². The summed E-state index contributed by atoms with van der Waals surface area (Å²) in [6.45, 7) is 1.24. The molecule has 8 heteroatoms. The summed E-state index contributed by atoms with van der Waals surface area (Å²) in [5, 5.41) is 3.51. The molecule has 0 amide bonds. The third-order valence-corrected chi connectivity index (χ3v) is 6.12. The normalized spacial score (nSPS) is 16.7. The molecule has 3 rings (SSSR count). The summed E-state index contributed by atoms with van der Waals surface area (Å²) in [5.74, 6) is -0.593. The molecule has 0 atom stereocenters. The molecule has 1 N–H and O–H groups in total. The van der Waals surface area contributed by atoms with Crippen LogP contribution in [0.5, 0.6) is 0 Å². The van der Waals surface area contributed by atoms with Crippen molar-refractivity contribution in [2.24, 2.45) is 0 Å². The first-order valence-corrected chi connectivity index (χ1v) is 9.70. The van der Waals surface area contributed by atoms with E-state index in [-0.39, 0.29) is 12.2 Å². The quantitative estimate of drug-likeness (QED) is 0.806. The van der Waals surface area contributed by atoms with Gasteiger partial charge in [0.15, 0.2) is 0 Å². The molecule has 2 aromatic rings. The van der Waals surface area contributed by atoms with Crippen LogP contribution in [-0.2, 0) is 16.8 Å². The van der Waals surface area contributed by atoms with Gasteiger partial charge in [-0.05, 0) is 55.9 Å². The van der Waals surface area contributed by atoms with E-state index in [0.29, 0.717) is 30.2 Å². The Balaban J connectivity index is 2.12. The van der Waals surface area contributed by atoms with Crippen LogP contribution in [-0.4, -0.2) is 32.9 Å². The van der Waals surface area contributed by atoms with Gasteiger partial charge in [0.1, 0.15) is 5.82 Å². The average Bonchev–Trinajstić information content (AvgIpc) is 2.57. The van der Waals surface area contributed by atoms with Crippen molar-refractivity contribution in [3.05, 3.63) is 58.9 Å². The number of anilines is 2. The van der Waals surface area contributed by atoms with Gasteiger partial charge in [-0.1, -0.05) is 23.7 Å². The number of halogens is 2. The summed E-state index contributed by atoms with van der Waals surface area (Å²) in [5.41, 5.74) is 1.18. The lowest BCUT2D eigenvalue weighted by Gasteiger charge is -2.37. The summed E-state index contributed by atoms with van der Waals surface area (Å²) < 4.78 is 43.1. The monoisotopic (exact) mass is 383 g/mol. The van der Waals surface area contributed by atoms with Gasteiger partial charge < -0.3 is 5.32 Å². The fraction of sp³-hybridized carbons (Fsp3) is 0.294. The second-order valence-corrected chi connectivity index (χ2v) is 8.00. The number of rotatable bonds is 5. The van der Waals surface area contributed by atoms with Crippen LogP contribution in [0.25, 0.3) is 0 Å². The molecule has 0 spiro atoms. The van der Waals surface area contributed by atoms with Crippen LogP contribution in [0.1, 0.15) is 12.0 Å². The van der Waals surface area contributed by atoms with Gasteiger partial charge in [0.05, 0.1) is 11.4 Å². The van der Waals surface area contributed by atoms with E-state index in [9.17, 15) is 12.8 Å². The van der Waals surface area contributed by atoms with Crippen molar-refractivity contribution in [2.75, 3.05) is 24.4 Å². The van der Waals surface area contributed by atoms with E-state index < -0.39 is 16.0 Å². The lowest BCUT2D eigenvalue weighted by Crippen LogP contribution is -2.46. The van der Waals surface area contributed by atoms with Gasteiger partial charge in [-0.15, -0.1) is 0 Å². The number of fused-ring (bicyclic) bond motifs is 1. The average molecular weight is 384 g/mol. The Bertz CT molecular complexity index is 876. The fourth-order valence-electron chi connectivity index (χ4n) is 2.89. The number of hydrogen-bond donors (Lipinski definition) is 1. The molecule has 0 aromatic heterocycles. The smallest absolute Gasteiger partial charge is 0.308 e. The van der Waals surface area contributed by atoms with E-state index in [1.165, 1.54) is 22.5 Å². The fourth-order valence-corrected chi connectivity index (χ4v) is 4.80. The molecular formula is C17H19ClFN3O2S. The zero-order valence-corrected chi connectivity index (χ0v) is 15.3. The first-order valence-electron chi connectivity index (χ1n) is 7.93. The van der Waals surface area contributed by atoms with Crippen LogP contribution in [0.2, 0.25) is 5.02 Å². The first kappa shape index (κ1) is 18.1. The van der Waals surface area contributed by atoms with Crippen LogP contribution >= 0.6 is 11.6 Å². The van der Waals surface area contributed by atoms with Crippen molar-refractivity contribution in [1.82, 2.24) is 9.62 Å². The van der Waals surface area contributed by atoms with Crippen molar-refractivity contribution < 1.29 is 12.8 Å². The number of nitrogens with one attached hydrogen (secondary N) is 1. The minimum Gasteiger partial charge on any atom is -0.320 e. The van der Waals surface area contributed by atoms with Gasteiger partial charge in [-0.3, -0.25) is 0 Å². The molecule has 134 valence electrons.